The molecule has 0 unspecified atom stereocenters. The van der Waals surface area contributed by atoms with Crippen molar-refractivity contribution in [1.29, 1.82) is 0 Å². The SMILES string of the molecule is Cc1cc(-c2cc(C(C)(C)C)cc(C(C)(C)C)c2)c(O)c(-c2cc(C(C)(C)C)ccc2O[CH2][Ge]([CH2]Oc2ccc(C(C)(C)C)cc2-c2cc(C)cc(-c3cc(C(C)(C)C)cc(C(C)(C)C)c3)c2O)([CH](C)C)[CH](C)C)c1. The molecule has 0 radical (unpaired) electrons. The molecule has 6 rings (SSSR count). The molecule has 0 aliphatic rings. The van der Waals surface area contributed by atoms with Gasteiger partial charge < -0.3 is 0 Å². The second-order valence-electron chi connectivity index (χ2n) is 29.1. The van der Waals surface area contributed by atoms with Gasteiger partial charge in [-0.1, -0.05) is 0 Å². The van der Waals surface area contributed by atoms with E-state index in [0.29, 0.717) is 20.4 Å². The summed E-state index contributed by atoms with van der Waals surface area (Å²) in [4.78, 5) is 0. The predicted molar refractivity (Wildman–Crippen MR) is 327 cm³/mol. The van der Waals surface area contributed by atoms with E-state index in [-0.39, 0.29) is 44.0 Å². The van der Waals surface area contributed by atoms with Gasteiger partial charge in [0.2, 0.25) is 0 Å². The van der Waals surface area contributed by atoms with Crippen molar-refractivity contribution in [3.63, 3.8) is 0 Å². The number of ether oxygens (including phenoxy) is 2. The maximum atomic E-state index is 12.7. The Bertz CT molecular complexity index is 2760. The third-order valence-corrected chi connectivity index (χ3v) is 28.5. The number of phenolic OH excluding ortho intramolecular Hbond substituents is 2. The van der Waals surface area contributed by atoms with Crippen molar-refractivity contribution in [2.45, 2.75) is 208 Å². The standard InChI is InChI=1S/C70H96GeO4/c1-43(2)71(44(3)4,41-74-61-27-25-49(65(7,8)9)39-57(61)59-31-45(5)29-55(63(59)72)47-33-51(67(13,14)15)37-52(34-47)68(16,17)18)42-75-62-28-26-50(66(10,11)12)40-58(62)60-32-46(6)30-56(64(60)73)48-35-53(69(19,20)21)38-54(36-48)70(22,23)24/h25-40,43-44,72-73H,41-42H2,1-24H3. The molecule has 75 heavy (non-hydrogen) atoms. The van der Waals surface area contributed by atoms with Crippen LogP contribution in [0.2, 0.25) is 9.50 Å². The third kappa shape index (κ3) is 13.3. The van der Waals surface area contributed by atoms with Crippen molar-refractivity contribution in [1.82, 2.24) is 0 Å². The molecule has 0 saturated heterocycles. The van der Waals surface area contributed by atoms with E-state index in [9.17, 15) is 10.2 Å². The summed E-state index contributed by atoms with van der Waals surface area (Å²) in [5.41, 5.74) is 17.0. The zero-order valence-corrected chi connectivity index (χ0v) is 53.1. The number of hydrogen-bond donors (Lipinski definition) is 2. The average Bonchev–Trinajstić information content (AvgIpc) is 3.28. The molecule has 4 nitrogen and oxygen atoms in total. The molecule has 0 bridgehead atoms. The van der Waals surface area contributed by atoms with Gasteiger partial charge in [-0.05, 0) is 0 Å². The van der Waals surface area contributed by atoms with E-state index in [2.05, 4.69) is 263 Å². The molecule has 0 atom stereocenters. The van der Waals surface area contributed by atoms with Crippen molar-refractivity contribution in [2.75, 3.05) is 10.9 Å². The van der Waals surface area contributed by atoms with Crippen molar-refractivity contribution in [3.05, 3.63) is 142 Å². The van der Waals surface area contributed by atoms with Gasteiger partial charge in [0.1, 0.15) is 0 Å². The number of rotatable bonds is 12. The molecule has 0 spiro atoms. The molecular formula is C70H96GeO4. The van der Waals surface area contributed by atoms with Crippen LogP contribution in [0.5, 0.6) is 23.0 Å². The zero-order chi connectivity index (χ0) is 56.3. The summed E-state index contributed by atoms with van der Waals surface area (Å²) >= 11 is -3.23. The van der Waals surface area contributed by atoms with Crippen LogP contribution in [0.1, 0.15) is 197 Å². The molecule has 2 N–H and O–H groups in total. The second kappa shape index (κ2) is 21.1. The molecule has 0 aliphatic heterocycles. The van der Waals surface area contributed by atoms with Crippen LogP contribution in [0.3, 0.4) is 0 Å². The molecule has 6 aromatic rings. The Morgan fingerprint density at radius 2 is 0.613 bits per heavy atom. The average molecular weight is 1070 g/mol. The Morgan fingerprint density at radius 3 is 0.867 bits per heavy atom. The molecule has 0 amide bonds. The van der Waals surface area contributed by atoms with E-state index in [1.54, 1.807) is 0 Å². The minimum absolute atomic E-state index is 0.0756. The Morgan fingerprint density at radius 1 is 0.347 bits per heavy atom. The number of benzene rings is 6. The minimum atomic E-state index is -3.23. The number of phenols is 2. The molecule has 0 aliphatic carbocycles. The van der Waals surface area contributed by atoms with Crippen molar-refractivity contribution in [3.8, 4) is 67.5 Å². The zero-order valence-electron chi connectivity index (χ0n) is 51.0. The fourth-order valence-electron chi connectivity index (χ4n) is 10.2. The van der Waals surface area contributed by atoms with E-state index in [1.165, 1.54) is 33.4 Å². The van der Waals surface area contributed by atoms with Crippen LogP contribution in [-0.4, -0.2) is 34.4 Å². The molecule has 0 heterocycles. The van der Waals surface area contributed by atoms with Gasteiger partial charge in [-0.3, -0.25) is 0 Å². The Kier molecular flexibility index (Phi) is 16.7. The van der Waals surface area contributed by atoms with Crippen LogP contribution in [0, 0.1) is 13.8 Å². The van der Waals surface area contributed by atoms with E-state index in [0.717, 1.165) is 67.1 Å². The van der Waals surface area contributed by atoms with Crippen LogP contribution in [0.15, 0.2) is 97.1 Å². The molecule has 6 aromatic carbocycles. The van der Waals surface area contributed by atoms with Gasteiger partial charge in [0, 0.05) is 0 Å². The number of hydrogen-bond acceptors (Lipinski definition) is 4. The fraction of sp³-hybridized carbons (Fsp3) is 0.486. The Hall–Kier alpha value is -4.94. The first kappa shape index (κ1) is 59.3. The van der Waals surface area contributed by atoms with Gasteiger partial charge in [-0.15, -0.1) is 0 Å². The van der Waals surface area contributed by atoms with E-state index < -0.39 is 13.3 Å². The van der Waals surface area contributed by atoms with Crippen molar-refractivity contribution in [2.24, 2.45) is 0 Å². The summed E-state index contributed by atoms with van der Waals surface area (Å²) in [5, 5.41) is 25.3. The van der Waals surface area contributed by atoms with E-state index in [1.807, 2.05) is 0 Å². The summed E-state index contributed by atoms with van der Waals surface area (Å²) in [6, 6.07) is 35.4. The van der Waals surface area contributed by atoms with Crippen molar-refractivity contribution >= 4 is 13.3 Å². The fourth-order valence-corrected chi connectivity index (χ4v) is 17.7. The molecule has 0 fully saturated rings. The summed E-state index contributed by atoms with van der Waals surface area (Å²) in [6.45, 7) is 54.2. The Labute approximate surface area is 458 Å². The van der Waals surface area contributed by atoms with Gasteiger partial charge >= 0.3 is 461 Å². The second-order valence-corrected chi connectivity index (χ2v) is 40.3. The normalized spacial score (nSPS) is 13.3. The molecule has 0 saturated carbocycles. The van der Waals surface area contributed by atoms with Gasteiger partial charge in [-0.25, -0.2) is 0 Å². The molecule has 0 aromatic heterocycles. The number of aryl methyl sites for hydroxylation is 2. The van der Waals surface area contributed by atoms with Crippen LogP contribution in [0.25, 0.3) is 44.5 Å². The van der Waals surface area contributed by atoms with E-state index >= 15 is 0 Å². The first-order valence-corrected chi connectivity index (χ1v) is 33.2. The predicted octanol–water partition coefficient (Wildman–Crippen LogP) is 20.0. The van der Waals surface area contributed by atoms with Crippen molar-refractivity contribution < 1.29 is 19.7 Å². The van der Waals surface area contributed by atoms with Crippen LogP contribution in [-0.2, 0) is 32.5 Å². The summed E-state index contributed by atoms with van der Waals surface area (Å²) < 4.78 is 15.3. The summed E-state index contributed by atoms with van der Waals surface area (Å²) in [5.74, 6) is 2.05. The summed E-state index contributed by atoms with van der Waals surface area (Å²) in [7, 11) is 0. The molecule has 404 valence electrons. The number of aromatic hydroxyl groups is 2. The van der Waals surface area contributed by atoms with Gasteiger partial charge in [0.25, 0.3) is 0 Å². The first-order valence-electron chi connectivity index (χ1n) is 27.8. The monoisotopic (exact) mass is 1070 g/mol. The van der Waals surface area contributed by atoms with Crippen LogP contribution >= 0.6 is 0 Å². The quantitative estimate of drug-likeness (QED) is 0.120. The topological polar surface area (TPSA) is 58.9 Å². The van der Waals surface area contributed by atoms with Gasteiger partial charge in [0.05, 0.1) is 0 Å². The van der Waals surface area contributed by atoms with Gasteiger partial charge in [0.15, 0.2) is 0 Å². The molecule has 5 heteroatoms. The van der Waals surface area contributed by atoms with Crippen LogP contribution in [0.4, 0.5) is 0 Å². The van der Waals surface area contributed by atoms with Gasteiger partial charge in [-0.2, -0.15) is 0 Å². The molecular weight excluding hydrogens is 977 g/mol. The first-order chi connectivity index (χ1) is 34.2. The summed E-state index contributed by atoms with van der Waals surface area (Å²) in [6.07, 6.45) is 0. The van der Waals surface area contributed by atoms with E-state index in [4.69, 9.17) is 9.47 Å². The Balaban J connectivity index is 1.47. The maximum absolute atomic E-state index is 12.7. The third-order valence-electron chi connectivity index (χ3n) is 16.0. The van der Waals surface area contributed by atoms with Crippen LogP contribution < -0.4 is 9.47 Å².